The summed E-state index contributed by atoms with van der Waals surface area (Å²) in [5.74, 6) is -0.491. The number of ether oxygens (including phenoxy) is 1. The molecular weight excluding hydrogens is 162 g/mol. The summed E-state index contributed by atoms with van der Waals surface area (Å²) in [5.41, 5.74) is 0. The topological polar surface area (TPSA) is 78.8 Å². The van der Waals surface area contributed by atoms with Gasteiger partial charge in [0.25, 0.3) is 5.91 Å². The van der Waals surface area contributed by atoms with Gasteiger partial charge in [0.15, 0.2) is 6.10 Å². The van der Waals surface area contributed by atoms with Crippen molar-refractivity contribution in [2.75, 3.05) is 7.05 Å². The summed E-state index contributed by atoms with van der Waals surface area (Å²) in [5, 5.41) is 20.6. The van der Waals surface area contributed by atoms with Crippen LogP contribution < -0.4 is 5.32 Å². The number of likely N-dealkylation sites (N-methyl/N-ethyl adjacent to an activating group) is 1. The Morgan fingerprint density at radius 1 is 1.50 bits per heavy atom. The van der Waals surface area contributed by atoms with Crippen molar-refractivity contribution in [3.63, 3.8) is 0 Å². The molecule has 1 rings (SSSR count). The highest BCUT2D eigenvalue weighted by atomic mass is 16.5. The van der Waals surface area contributed by atoms with Crippen molar-refractivity contribution in [1.29, 1.82) is 0 Å². The van der Waals surface area contributed by atoms with Crippen molar-refractivity contribution < 1.29 is 19.7 Å². The van der Waals surface area contributed by atoms with Crippen LogP contribution in [0.3, 0.4) is 0 Å². The van der Waals surface area contributed by atoms with Crippen molar-refractivity contribution in [2.45, 2.75) is 24.4 Å². The summed E-state index contributed by atoms with van der Waals surface area (Å²) in [6.45, 7) is 5.24. The van der Waals surface area contributed by atoms with E-state index in [0.29, 0.717) is 0 Å². The Labute approximate surface area is 70.3 Å². The van der Waals surface area contributed by atoms with Crippen molar-refractivity contribution in [3.8, 4) is 0 Å². The average molecular weight is 173 g/mol. The number of carbonyl (C=O) groups excluding carboxylic acids is 1. The minimum absolute atomic E-state index is 0.491. The maximum absolute atomic E-state index is 11.0. The minimum Gasteiger partial charge on any atom is -0.388 e. The number of rotatable bonds is 1. The predicted molar refractivity (Wildman–Crippen MR) is 39.0 cm³/mol. The van der Waals surface area contributed by atoms with E-state index >= 15 is 0 Å². The molecule has 0 saturated carbocycles. The van der Waals surface area contributed by atoms with Crippen LogP contribution in [0.2, 0.25) is 0 Å². The summed E-state index contributed by atoms with van der Waals surface area (Å²) >= 11 is 0. The van der Waals surface area contributed by atoms with Gasteiger partial charge in [0, 0.05) is 7.05 Å². The van der Waals surface area contributed by atoms with Crippen LogP contribution in [-0.4, -0.2) is 47.6 Å². The normalized spacial score (nSPS) is 41.3. The Hall–Kier alpha value is -0.650. The van der Waals surface area contributed by atoms with E-state index in [2.05, 4.69) is 5.32 Å². The Morgan fingerprint density at radius 2 is 2.08 bits per heavy atom. The van der Waals surface area contributed by atoms with E-state index in [0.717, 1.165) is 0 Å². The first-order valence-electron chi connectivity index (χ1n) is 3.56. The van der Waals surface area contributed by atoms with E-state index in [9.17, 15) is 9.90 Å². The molecule has 1 unspecified atom stereocenters. The van der Waals surface area contributed by atoms with Crippen molar-refractivity contribution in [1.82, 2.24) is 5.32 Å². The number of aliphatic hydroxyl groups excluding tert-OH is 2. The highest BCUT2D eigenvalue weighted by Crippen LogP contribution is 2.20. The molecule has 3 N–H and O–H groups in total. The zero-order chi connectivity index (χ0) is 9.30. The number of hydrogen-bond acceptors (Lipinski definition) is 4. The van der Waals surface area contributed by atoms with Gasteiger partial charge in [-0.25, -0.2) is 0 Å². The first kappa shape index (κ1) is 9.44. The summed E-state index contributed by atoms with van der Waals surface area (Å²) in [4.78, 5) is 11.0. The molecule has 5 heteroatoms. The average Bonchev–Trinajstić information content (AvgIpc) is 2.32. The second-order valence-corrected chi connectivity index (χ2v) is 2.62. The molecule has 0 aromatic carbocycles. The van der Waals surface area contributed by atoms with Gasteiger partial charge in [-0.05, 0) is 6.92 Å². The summed E-state index contributed by atoms with van der Waals surface area (Å²) in [7, 11) is 1.41. The van der Waals surface area contributed by atoms with E-state index in [1.54, 1.807) is 0 Å². The second kappa shape index (κ2) is 3.38. The Morgan fingerprint density at radius 3 is 2.42 bits per heavy atom. The minimum atomic E-state index is -1.25. The lowest BCUT2D eigenvalue weighted by Gasteiger charge is -2.12. The van der Waals surface area contributed by atoms with E-state index in [4.69, 9.17) is 16.8 Å². The number of amides is 1. The van der Waals surface area contributed by atoms with Gasteiger partial charge in [-0.15, -0.1) is 0 Å². The lowest BCUT2D eigenvalue weighted by molar-refractivity contribution is -0.134. The van der Waals surface area contributed by atoms with Crippen LogP contribution in [0.4, 0.5) is 0 Å². The van der Waals surface area contributed by atoms with E-state index in [1.165, 1.54) is 7.05 Å². The zero-order valence-electron chi connectivity index (χ0n) is 6.60. The predicted octanol–water partition coefficient (Wildman–Crippen LogP) is -2.07. The highest BCUT2D eigenvalue weighted by Gasteiger charge is 2.43. The van der Waals surface area contributed by atoms with Crippen LogP contribution in [-0.2, 0) is 9.53 Å². The SMILES string of the molecule is [CH][C@@H]1O[C@H](C(=O)NC)[C@H](O)C1O. The van der Waals surface area contributed by atoms with Gasteiger partial charge >= 0.3 is 0 Å². The Bertz CT molecular complexity index is 184. The first-order valence-corrected chi connectivity index (χ1v) is 3.56. The number of hydrogen-bond donors (Lipinski definition) is 3. The van der Waals surface area contributed by atoms with Crippen molar-refractivity contribution in [2.24, 2.45) is 0 Å². The fraction of sp³-hybridized carbons (Fsp3) is 0.714. The lowest BCUT2D eigenvalue weighted by atomic mass is 10.1. The largest absolute Gasteiger partial charge is 0.388 e. The molecule has 1 heterocycles. The molecule has 0 aromatic heterocycles. The molecule has 0 bridgehead atoms. The third-order valence-electron chi connectivity index (χ3n) is 1.81. The number of carbonyl (C=O) groups is 1. The molecule has 1 fully saturated rings. The van der Waals surface area contributed by atoms with E-state index < -0.39 is 30.3 Å². The van der Waals surface area contributed by atoms with Gasteiger partial charge in [-0.2, -0.15) is 0 Å². The molecule has 1 amide bonds. The Kier molecular flexibility index (Phi) is 2.66. The monoisotopic (exact) mass is 173 g/mol. The van der Waals surface area contributed by atoms with Gasteiger partial charge in [-0.1, -0.05) is 0 Å². The molecular formula is C7H11NO4. The van der Waals surface area contributed by atoms with Crippen LogP contribution in [0.15, 0.2) is 0 Å². The molecule has 2 radical (unpaired) electrons. The van der Waals surface area contributed by atoms with Crippen LogP contribution >= 0.6 is 0 Å². The van der Waals surface area contributed by atoms with Crippen LogP contribution in [0.5, 0.6) is 0 Å². The third-order valence-corrected chi connectivity index (χ3v) is 1.81. The number of nitrogens with one attached hydrogen (secondary N) is 1. The molecule has 68 valence electrons. The smallest absolute Gasteiger partial charge is 0.251 e. The van der Waals surface area contributed by atoms with E-state index in [-0.39, 0.29) is 0 Å². The van der Waals surface area contributed by atoms with Crippen molar-refractivity contribution >= 4 is 5.91 Å². The molecule has 0 aliphatic carbocycles. The maximum atomic E-state index is 11.0. The summed E-state index contributed by atoms with van der Waals surface area (Å²) in [6.07, 6.45) is -4.52. The highest BCUT2D eigenvalue weighted by molar-refractivity contribution is 5.81. The second-order valence-electron chi connectivity index (χ2n) is 2.62. The fourth-order valence-electron chi connectivity index (χ4n) is 1.06. The van der Waals surface area contributed by atoms with Crippen LogP contribution in [0.25, 0.3) is 0 Å². The molecule has 4 atom stereocenters. The van der Waals surface area contributed by atoms with Crippen molar-refractivity contribution in [3.05, 3.63) is 6.92 Å². The van der Waals surface area contributed by atoms with Gasteiger partial charge in [0.2, 0.25) is 0 Å². The Balaban J connectivity index is 2.64. The molecule has 5 nitrogen and oxygen atoms in total. The first-order chi connectivity index (χ1) is 5.57. The number of aliphatic hydroxyl groups is 2. The van der Waals surface area contributed by atoms with Gasteiger partial charge < -0.3 is 20.3 Å². The zero-order valence-corrected chi connectivity index (χ0v) is 6.60. The molecule has 1 saturated heterocycles. The molecule has 0 aromatic rings. The summed E-state index contributed by atoms with van der Waals surface area (Å²) < 4.78 is 4.80. The van der Waals surface area contributed by atoms with E-state index in [1.807, 2.05) is 0 Å². The standard InChI is InChI=1S/C7H11NO4/c1-3-4(9)5(10)6(12-3)7(11)8-2/h1,3-6,9-10H,2H3,(H,8,11)/t3-,4?,5+,6-/m0/s1. The molecule has 1 aliphatic rings. The molecule has 0 spiro atoms. The third kappa shape index (κ3) is 1.43. The lowest BCUT2D eigenvalue weighted by Crippen LogP contribution is -2.41. The van der Waals surface area contributed by atoms with Gasteiger partial charge in [0.05, 0.1) is 6.10 Å². The molecule has 1 aliphatic heterocycles. The quantitative estimate of drug-likeness (QED) is 0.426. The van der Waals surface area contributed by atoms with Gasteiger partial charge in [-0.3, -0.25) is 4.79 Å². The maximum Gasteiger partial charge on any atom is 0.251 e. The molecule has 12 heavy (non-hydrogen) atoms. The van der Waals surface area contributed by atoms with Gasteiger partial charge in [0.1, 0.15) is 12.2 Å². The van der Waals surface area contributed by atoms with Crippen LogP contribution in [0.1, 0.15) is 0 Å². The summed E-state index contributed by atoms with van der Waals surface area (Å²) in [6, 6.07) is 0. The fourth-order valence-corrected chi connectivity index (χ4v) is 1.06. The van der Waals surface area contributed by atoms with Crippen LogP contribution in [0, 0.1) is 6.92 Å².